The molecule has 0 unspecified atom stereocenters. The lowest BCUT2D eigenvalue weighted by molar-refractivity contribution is -0.135. The highest BCUT2D eigenvalue weighted by Crippen LogP contribution is 2.50. The van der Waals surface area contributed by atoms with E-state index in [-0.39, 0.29) is 29.7 Å². The van der Waals surface area contributed by atoms with Crippen LogP contribution in [0, 0.1) is 17.7 Å². The first-order valence-electron chi connectivity index (χ1n) is 23.3. The van der Waals surface area contributed by atoms with Gasteiger partial charge in [0.05, 0.1) is 70.7 Å². The summed E-state index contributed by atoms with van der Waals surface area (Å²) in [6, 6.07) is 9.25. The van der Waals surface area contributed by atoms with E-state index in [1.807, 2.05) is 75.7 Å². The lowest BCUT2D eigenvalue weighted by atomic mass is 10.0. The van der Waals surface area contributed by atoms with Crippen molar-refractivity contribution >= 4 is 52.2 Å². The molecule has 68 heavy (non-hydrogen) atoms. The van der Waals surface area contributed by atoms with Gasteiger partial charge in [0.15, 0.2) is 0 Å². The summed E-state index contributed by atoms with van der Waals surface area (Å²) in [4.78, 5) is 77.2. The smallest absolute Gasteiger partial charge is 0.407 e. The molecule has 0 bridgehead atoms. The molecule has 4 amide bonds. The second kappa shape index (κ2) is 19.1. The van der Waals surface area contributed by atoms with Crippen molar-refractivity contribution in [1.82, 2.24) is 45.0 Å². The number of hydrogen-bond acceptors (Lipinski definition) is 11. The van der Waals surface area contributed by atoms with Crippen molar-refractivity contribution in [2.75, 3.05) is 32.2 Å². The van der Waals surface area contributed by atoms with Crippen LogP contribution in [0.25, 0.3) is 44.7 Å². The van der Waals surface area contributed by atoms with Crippen molar-refractivity contribution in [2.24, 2.45) is 11.8 Å². The Bertz CT molecular complexity index is 2860. The number of methoxy groups -OCH3 is 2. The molecule has 1 saturated carbocycles. The van der Waals surface area contributed by atoms with Gasteiger partial charge in [-0.1, -0.05) is 47.1 Å². The SMILES string of the molecule is CCCCN(C(=O)[C@@H](NC(=O)OC)C(C)C)c1ncc(-c2ccc3c(c2)cc2n3[C@@H](c3cnc(C4CC4)s3)Oc3cc(-c4cnc([C@@H]5CCCN5C(=O)[C@@H](NC(=O)OC)C(C)C)[nH]4)cc(F)c3-2)[nH]1. The maximum Gasteiger partial charge on any atom is 0.407 e. The van der Waals surface area contributed by atoms with Gasteiger partial charge in [0, 0.05) is 41.7 Å². The van der Waals surface area contributed by atoms with Crippen LogP contribution in [-0.2, 0) is 19.1 Å². The molecule has 17 nitrogen and oxygen atoms in total. The van der Waals surface area contributed by atoms with E-state index in [9.17, 15) is 19.2 Å². The largest absolute Gasteiger partial charge is 0.464 e. The molecule has 3 aliphatic rings. The van der Waals surface area contributed by atoms with Crippen LogP contribution in [-0.4, -0.2) is 97.8 Å². The third-order valence-electron chi connectivity index (χ3n) is 13.0. The fourth-order valence-corrected chi connectivity index (χ4v) is 10.3. The van der Waals surface area contributed by atoms with E-state index in [0.29, 0.717) is 71.2 Å². The Labute approximate surface area is 397 Å². The molecule has 0 spiro atoms. The number of thiazole rings is 1. The van der Waals surface area contributed by atoms with Crippen LogP contribution >= 0.6 is 11.3 Å². The normalized spacial score (nSPS) is 17.4. The zero-order chi connectivity index (χ0) is 48.0. The van der Waals surface area contributed by atoms with Crippen molar-refractivity contribution in [3.8, 4) is 39.5 Å². The van der Waals surface area contributed by atoms with Gasteiger partial charge >= 0.3 is 12.2 Å². The van der Waals surface area contributed by atoms with Gasteiger partial charge in [0.2, 0.25) is 18.1 Å². The molecule has 2 aromatic carbocycles. The van der Waals surface area contributed by atoms with Crippen LogP contribution < -0.4 is 20.3 Å². The summed E-state index contributed by atoms with van der Waals surface area (Å²) in [7, 11) is 2.53. The first-order chi connectivity index (χ1) is 32.8. The molecule has 6 heterocycles. The molecule has 2 aliphatic heterocycles. The average Bonchev–Trinajstić information content (AvgIpc) is 3.92. The van der Waals surface area contributed by atoms with Crippen LogP contribution in [0.3, 0.4) is 0 Å². The summed E-state index contributed by atoms with van der Waals surface area (Å²) in [5, 5.41) is 7.26. The fraction of sp³-hybridized carbons (Fsp3) is 0.449. The van der Waals surface area contributed by atoms with Crippen molar-refractivity contribution in [3.63, 3.8) is 0 Å². The number of ether oxygens (including phenoxy) is 3. The minimum Gasteiger partial charge on any atom is -0.464 e. The second-order valence-electron chi connectivity index (χ2n) is 18.4. The number of unbranched alkanes of at least 4 members (excludes halogenated alkanes) is 1. The number of fused-ring (bicyclic) bond motifs is 5. The molecule has 2 fully saturated rings. The van der Waals surface area contributed by atoms with Crippen LogP contribution in [0.5, 0.6) is 5.75 Å². The van der Waals surface area contributed by atoms with Gasteiger partial charge in [-0.2, -0.15) is 0 Å². The number of hydrogen-bond donors (Lipinski definition) is 4. The van der Waals surface area contributed by atoms with Crippen LogP contribution in [0.2, 0.25) is 0 Å². The van der Waals surface area contributed by atoms with Crippen LogP contribution in [0.15, 0.2) is 55.0 Å². The molecule has 1 saturated heterocycles. The van der Waals surface area contributed by atoms with E-state index in [2.05, 4.69) is 25.6 Å². The van der Waals surface area contributed by atoms with E-state index in [1.165, 1.54) is 20.3 Å². The monoisotopic (exact) mass is 948 g/mol. The molecular weight excluding hydrogens is 892 g/mol. The van der Waals surface area contributed by atoms with Crippen molar-refractivity contribution in [1.29, 1.82) is 0 Å². The predicted octanol–water partition coefficient (Wildman–Crippen LogP) is 9.06. The van der Waals surface area contributed by atoms with E-state index in [1.54, 1.807) is 33.5 Å². The summed E-state index contributed by atoms with van der Waals surface area (Å²) in [5.41, 5.74) is 4.34. The van der Waals surface area contributed by atoms with E-state index >= 15 is 4.39 Å². The van der Waals surface area contributed by atoms with Crippen molar-refractivity contribution in [2.45, 2.75) is 103 Å². The van der Waals surface area contributed by atoms with Crippen molar-refractivity contribution < 1.29 is 37.8 Å². The Morgan fingerprint density at radius 1 is 0.897 bits per heavy atom. The number of aromatic amines is 2. The number of amides is 4. The number of likely N-dealkylation sites (tertiary alicyclic amines) is 1. The standard InChI is InChI=1S/C49H57FN10O7S/c1-8-9-16-59(45(62)41(26(4)5)57-49(64)66-7)47-53-23-32(55-47)28-14-15-34-30(18-28)20-36-39-31(50)19-29(21-37(39)67-46(60(34)36)38-24-52-43(68-38)27-12-13-27)33-22-51-42(54-33)35-11-10-17-58(35)44(61)40(25(2)3)56-48(63)65-6/h14-15,18-27,35,40-41,46H,8-13,16-17H2,1-7H3,(H,51,54)(H,53,55)(H,56,63)(H,57,64)/t35-,40-,41-,46+/m0/s1. The number of carbonyl (C=O) groups is 4. The predicted molar refractivity (Wildman–Crippen MR) is 255 cm³/mol. The minimum atomic E-state index is -0.829. The van der Waals surface area contributed by atoms with Gasteiger partial charge in [-0.25, -0.2) is 28.9 Å². The maximum absolute atomic E-state index is 16.9. The Hall–Kier alpha value is -6.76. The Kier molecular flexibility index (Phi) is 13.0. The molecule has 358 valence electrons. The second-order valence-corrected chi connectivity index (χ2v) is 19.5. The van der Waals surface area contributed by atoms with E-state index in [4.69, 9.17) is 24.2 Å². The topological polar surface area (TPSA) is 202 Å². The molecular formula is C49H57FN10O7S. The lowest BCUT2D eigenvalue weighted by Gasteiger charge is -2.30. The third-order valence-corrected chi connectivity index (χ3v) is 14.2. The van der Waals surface area contributed by atoms with E-state index < -0.39 is 36.3 Å². The van der Waals surface area contributed by atoms with Gasteiger partial charge in [-0.05, 0) is 74.3 Å². The van der Waals surface area contributed by atoms with Crippen LogP contribution in [0.1, 0.15) is 107 Å². The summed E-state index contributed by atoms with van der Waals surface area (Å²) >= 11 is 1.61. The zero-order valence-electron chi connectivity index (χ0n) is 39.2. The quantitative estimate of drug-likeness (QED) is 0.0770. The number of alkyl carbamates (subject to hydrolysis) is 2. The highest BCUT2D eigenvalue weighted by molar-refractivity contribution is 7.11. The molecule has 1 aliphatic carbocycles. The summed E-state index contributed by atoms with van der Waals surface area (Å²) in [6.07, 6.45) is 8.37. The molecule has 9 rings (SSSR count). The first-order valence-corrected chi connectivity index (χ1v) is 24.1. The number of nitrogens with zero attached hydrogens (tertiary/aromatic N) is 6. The maximum atomic E-state index is 16.9. The number of rotatable bonds is 15. The molecule has 19 heteroatoms. The summed E-state index contributed by atoms with van der Waals surface area (Å²) < 4.78 is 35.4. The van der Waals surface area contributed by atoms with Gasteiger partial charge in [0.25, 0.3) is 5.91 Å². The third kappa shape index (κ3) is 8.90. The lowest BCUT2D eigenvalue weighted by Crippen LogP contribution is -2.52. The fourth-order valence-electron chi connectivity index (χ4n) is 9.16. The molecule has 4 atom stereocenters. The first kappa shape index (κ1) is 46.4. The number of aromatic nitrogens is 6. The highest BCUT2D eigenvalue weighted by atomic mass is 32.1. The number of nitrogens with one attached hydrogen (secondary N) is 4. The van der Waals surface area contributed by atoms with E-state index in [0.717, 1.165) is 58.5 Å². The number of benzene rings is 2. The molecule has 0 radical (unpaired) electrons. The number of anilines is 1. The average molecular weight is 949 g/mol. The van der Waals surface area contributed by atoms with Gasteiger partial charge < -0.3 is 39.7 Å². The van der Waals surface area contributed by atoms with Gasteiger partial charge in [-0.3, -0.25) is 19.1 Å². The molecule has 4 aromatic heterocycles. The zero-order valence-corrected chi connectivity index (χ0v) is 40.0. The Morgan fingerprint density at radius 2 is 1.62 bits per heavy atom. The van der Waals surface area contributed by atoms with Crippen LogP contribution in [0.4, 0.5) is 19.9 Å². The number of carbonyl (C=O) groups excluding carboxylic acids is 4. The Balaban J connectivity index is 1.05. The molecule has 4 N–H and O–H groups in total. The summed E-state index contributed by atoms with van der Waals surface area (Å²) in [5.74, 6) is 0.323. The Morgan fingerprint density at radius 3 is 2.32 bits per heavy atom. The molecule has 6 aromatic rings. The minimum absolute atomic E-state index is 0.180. The van der Waals surface area contributed by atoms with Gasteiger partial charge in [0.1, 0.15) is 29.5 Å². The van der Waals surface area contributed by atoms with Gasteiger partial charge in [-0.15, -0.1) is 11.3 Å². The van der Waals surface area contributed by atoms with Crippen molar-refractivity contribution in [3.05, 3.63) is 76.5 Å². The highest BCUT2D eigenvalue weighted by Gasteiger charge is 2.39. The summed E-state index contributed by atoms with van der Waals surface area (Å²) in [6.45, 7) is 10.4. The number of H-pyrrole nitrogens is 2. The number of imidazole rings is 2. The number of halogens is 1.